The van der Waals surface area contributed by atoms with Crippen LogP contribution < -0.4 is 5.32 Å². The minimum absolute atomic E-state index is 0.0331. The fourth-order valence-corrected chi connectivity index (χ4v) is 2.84. The number of nitrogens with zero attached hydrogens (tertiary/aromatic N) is 2. The lowest BCUT2D eigenvalue weighted by atomic mass is 9.85. The molecule has 0 bridgehead atoms. The minimum atomic E-state index is -0.944. The summed E-state index contributed by atoms with van der Waals surface area (Å²) in [7, 11) is 0. The summed E-state index contributed by atoms with van der Waals surface area (Å²) >= 11 is 0. The first kappa shape index (κ1) is 18.8. The van der Waals surface area contributed by atoms with Crippen molar-refractivity contribution in [3.05, 3.63) is 34.8 Å². The number of aliphatic carboxylic acids is 1. The Morgan fingerprint density at radius 2 is 1.96 bits per heavy atom. The van der Waals surface area contributed by atoms with Crippen LogP contribution in [-0.2, 0) is 4.79 Å². The zero-order valence-corrected chi connectivity index (χ0v) is 15.5. The van der Waals surface area contributed by atoms with Crippen molar-refractivity contribution in [2.75, 3.05) is 0 Å². The Morgan fingerprint density at radius 1 is 1.32 bits per heavy atom. The predicted octanol–water partition coefficient (Wildman–Crippen LogP) is 3.01. The topological polar surface area (TPSA) is 97.4 Å². The molecule has 7 nitrogen and oxygen atoms in total. The quantitative estimate of drug-likeness (QED) is 0.837. The van der Waals surface area contributed by atoms with Crippen LogP contribution in [0.25, 0.3) is 5.82 Å². The van der Waals surface area contributed by atoms with E-state index in [-0.39, 0.29) is 18.2 Å². The van der Waals surface area contributed by atoms with Crippen molar-refractivity contribution in [3.8, 4) is 5.82 Å². The van der Waals surface area contributed by atoms with E-state index in [9.17, 15) is 9.59 Å². The molecule has 0 saturated heterocycles. The number of hydrogen-bond acceptors (Lipinski definition) is 4. The Labute approximate surface area is 147 Å². The molecule has 0 aliphatic heterocycles. The van der Waals surface area contributed by atoms with Crippen molar-refractivity contribution >= 4 is 11.9 Å². The monoisotopic (exact) mass is 347 g/mol. The number of aromatic nitrogens is 2. The number of carboxylic acid groups (broad SMARTS) is 1. The third-order valence-corrected chi connectivity index (χ3v) is 4.71. The molecule has 0 fully saturated rings. The maximum atomic E-state index is 12.8. The highest BCUT2D eigenvalue weighted by Crippen LogP contribution is 2.24. The number of carbonyl (C=O) groups excluding carboxylic acids is 1. The van der Waals surface area contributed by atoms with Gasteiger partial charge in [-0.25, -0.2) is 0 Å². The predicted molar refractivity (Wildman–Crippen MR) is 93.0 cm³/mol. The highest BCUT2D eigenvalue weighted by molar-refractivity contribution is 5.96. The lowest BCUT2D eigenvalue weighted by molar-refractivity contribution is -0.138. The van der Waals surface area contributed by atoms with Crippen molar-refractivity contribution in [2.24, 2.45) is 5.92 Å². The van der Waals surface area contributed by atoms with Gasteiger partial charge in [-0.1, -0.05) is 19.0 Å². The van der Waals surface area contributed by atoms with E-state index in [1.54, 1.807) is 26.0 Å². The molecule has 136 valence electrons. The molecule has 1 atom stereocenters. The molecular weight excluding hydrogens is 322 g/mol. The second-order valence-electron chi connectivity index (χ2n) is 7.01. The summed E-state index contributed by atoms with van der Waals surface area (Å²) in [6, 6.07) is 3.57. The van der Waals surface area contributed by atoms with E-state index < -0.39 is 11.5 Å². The second kappa shape index (κ2) is 6.74. The van der Waals surface area contributed by atoms with Gasteiger partial charge in [0.15, 0.2) is 5.82 Å². The number of aryl methyl sites for hydroxylation is 2. The van der Waals surface area contributed by atoms with E-state index in [4.69, 9.17) is 9.63 Å². The number of amides is 1. The van der Waals surface area contributed by atoms with Crippen LogP contribution in [0.1, 0.15) is 54.7 Å². The molecule has 0 aliphatic rings. The Bertz CT molecular complexity index is 803. The molecule has 7 heteroatoms. The summed E-state index contributed by atoms with van der Waals surface area (Å²) in [6.07, 6.45) is -0.141. The van der Waals surface area contributed by atoms with Gasteiger partial charge in [0.05, 0.1) is 17.5 Å². The van der Waals surface area contributed by atoms with Gasteiger partial charge in [-0.15, -0.1) is 0 Å². The summed E-state index contributed by atoms with van der Waals surface area (Å²) in [6.45, 7) is 11.1. The molecule has 0 spiro atoms. The van der Waals surface area contributed by atoms with Gasteiger partial charge in [0.25, 0.3) is 5.91 Å². The first-order valence-electron chi connectivity index (χ1n) is 8.22. The summed E-state index contributed by atoms with van der Waals surface area (Å²) in [5.41, 5.74) is 1.23. The number of rotatable bonds is 6. The van der Waals surface area contributed by atoms with Gasteiger partial charge in [0.1, 0.15) is 5.76 Å². The number of carbonyl (C=O) groups is 2. The van der Waals surface area contributed by atoms with Crippen molar-refractivity contribution in [1.29, 1.82) is 0 Å². The SMILES string of the molecule is Cc1cc(-n2c(C)cc(C(=O)NC(C)(CC(=O)O)C(C)C)c2C)no1. The molecule has 0 saturated carbocycles. The van der Waals surface area contributed by atoms with E-state index in [0.29, 0.717) is 17.1 Å². The van der Waals surface area contributed by atoms with Gasteiger partial charge in [0, 0.05) is 17.5 Å². The van der Waals surface area contributed by atoms with Gasteiger partial charge in [-0.3, -0.25) is 14.2 Å². The molecule has 2 rings (SSSR count). The van der Waals surface area contributed by atoms with E-state index in [2.05, 4.69) is 10.5 Å². The maximum absolute atomic E-state index is 12.8. The standard InChI is InChI=1S/C18H25N3O4/c1-10(2)18(6,9-16(22)23)19-17(24)14-7-11(3)21(13(14)5)15-8-12(4)25-20-15/h7-8,10H,9H2,1-6H3,(H,19,24)(H,22,23). The molecule has 0 aromatic carbocycles. The van der Waals surface area contributed by atoms with Gasteiger partial charge < -0.3 is 14.9 Å². The molecule has 0 aliphatic carbocycles. The van der Waals surface area contributed by atoms with Crippen molar-refractivity contribution in [2.45, 2.75) is 53.5 Å². The van der Waals surface area contributed by atoms with Crippen LogP contribution in [0.4, 0.5) is 0 Å². The summed E-state index contributed by atoms with van der Waals surface area (Å²) in [4.78, 5) is 24.0. The first-order valence-corrected chi connectivity index (χ1v) is 8.22. The highest BCUT2D eigenvalue weighted by atomic mass is 16.5. The smallest absolute Gasteiger partial charge is 0.305 e. The Kier molecular flexibility index (Phi) is 5.06. The molecule has 2 aromatic heterocycles. The zero-order chi connectivity index (χ0) is 18.9. The molecule has 0 radical (unpaired) electrons. The average molecular weight is 347 g/mol. The molecule has 1 unspecified atom stereocenters. The molecule has 1 amide bonds. The van der Waals surface area contributed by atoms with Crippen LogP contribution in [0.15, 0.2) is 16.7 Å². The van der Waals surface area contributed by atoms with Crippen LogP contribution in [-0.4, -0.2) is 32.2 Å². The van der Waals surface area contributed by atoms with Crippen LogP contribution >= 0.6 is 0 Å². The van der Waals surface area contributed by atoms with Gasteiger partial charge in [-0.05, 0) is 39.7 Å². The zero-order valence-electron chi connectivity index (χ0n) is 15.5. The molecule has 25 heavy (non-hydrogen) atoms. The summed E-state index contributed by atoms with van der Waals surface area (Å²) in [5, 5.41) is 16.1. The van der Waals surface area contributed by atoms with Crippen LogP contribution in [0.3, 0.4) is 0 Å². The highest BCUT2D eigenvalue weighted by Gasteiger charge is 2.34. The second-order valence-corrected chi connectivity index (χ2v) is 7.01. The molecule has 2 heterocycles. The van der Waals surface area contributed by atoms with E-state index in [1.807, 2.05) is 32.3 Å². The summed E-state index contributed by atoms with van der Waals surface area (Å²) in [5.74, 6) is 0.0253. The normalized spacial score (nSPS) is 13.7. The van der Waals surface area contributed by atoms with Crippen LogP contribution in [0, 0.1) is 26.7 Å². The molecule has 2 aromatic rings. The maximum Gasteiger partial charge on any atom is 0.305 e. The largest absolute Gasteiger partial charge is 0.481 e. The fourth-order valence-electron chi connectivity index (χ4n) is 2.84. The van der Waals surface area contributed by atoms with Gasteiger partial charge in [-0.2, -0.15) is 0 Å². The Hall–Kier alpha value is -2.57. The van der Waals surface area contributed by atoms with Crippen LogP contribution in [0.5, 0.6) is 0 Å². The lowest BCUT2D eigenvalue weighted by Crippen LogP contribution is -2.51. The van der Waals surface area contributed by atoms with E-state index in [0.717, 1.165) is 11.4 Å². The number of nitrogens with one attached hydrogen (secondary N) is 1. The van der Waals surface area contributed by atoms with E-state index in [1.165, 1.54) is 0 Å². The fraction of sp³-hybridized carbons (Fsp3) is 0.500. The third kappa shape index (κ3) is 3.75. The number of hydrogen-bond donors (Lipinski definition) is 2. The Morgan fingerprint density at radius 3 is 2.44 bits per heavy atom. The third-order valence-electron chi connectivity index (χ3n) is 4.71. The number of carboxylic acids is 1. The van der Waals surface area contributed by atoms with Crippen molar-refractivity contribution in [3.63, 3.8) is 0 Å². The minimum Gasteiger partial charge on any atom is -0.481 e. The van der Waals surface area contributed by atoms with Gasteiger partial charge in [0.2, 0.25) is 0 Å². The summed E-state index contributed by atoms with van der Waals surface area (Å²) < 4.78 is 6.96. The van der Waals surface area contributed by atoms with Crippen molar-refractivity contribution < 1.29 is 19.2 Å². The van der Waals surface area contributed by atoms with Crippen LogP contribution in [0.2, 0.25) is 0 Å². The van der Waals surface area contributed by atoms with Crippen molar-refractivity contribution in [1.82, 2.24) is 15.0 Å². The molecular formula is C18H25N3O4. The Balaban J connectivity index is 2.36. The van der Waals surface area contributed by atoms with E-state index >= 15 is 0 Å². The lowest BCUT2D eigenvalue weighted by Gasteiger charge is -2.33. The average Bonchev–Trinajstić information content (AvgIpc) is 3.01. The first-order chi connectivity index (χ1) is 11.5. The van der Waals surface area contributed by atoms with Gasteiger partial charge >= 0.3 is 5.97 Å². The molecule has 2 N–H and O–H groups in total.